The van der Waals surface area contributed by atoms with Crippen molar-refractivity contribution >= 4 is 22.9 Å². The number of hydrogen-bond donors (Lipinski definition) is 2. The van der Waals surface area contributed by atoms with Crippen LogP contribution in [0.2, 0.25) is 0 Å². The van der Waals surface area contributed by atoms with Gasteiger partial charge in [0, 0.05) is 36.7 Å². The molecule has 24 heavy (non-hydrogen) atoms. The van der Waals surface area contributed by atoms with E-state index in [1.807, 2.05) is 36.6 Å². The summed E-state index contributed by atoms with van der Waals surface area (Å²) in [6.45, 7) is 5.96. The first kappa shape index (κ1) is 16.8. The summed E-state index contributed by atoms with van der Waals surface area (Å²) in [7, 11) is 0. The number of carbonyl (C=O) groups excluding carboxylic acids is 1. The molecular weight excluding hydrogens is 322 g/mol. The van der Waals surface area contributed by atoms with Crippen molar-refractivity contribution < 1.29 is 9.90 Å². The van der Waals surface area contributed by atoms with Gasteiger partial charge >= 0.3 is 0 Å². The predicted molar refractivity (Wildman–Crippen MR) is 97.6 cm³/mol. The lowest BCUT2D eigenvalue weighted by Crippen LogP contribution is -2.49. The number of aromatic hydroxyl groups is 1. The number of nitrogens with one attached hydrogen (secondary N) is 1. The molecule has 5 nitrogen and oxygen atoms in total. The Morgan fingerprint density at radius 1 is 1.21 bits per heavy atom. The number of amides is 1. The first-order chi connectivity index (χ1) is 11.6. The zero-order valence-corrected chi connectivity index (χ0v) is 14.6. The lowest BCUT2D eigenvalue weighted by molar-refractivity contribution is -0.122. The Morgan fingerprint density at radius 2 is 1.92 bits per heavy atom. The topological polar surface area (TPSA) is 55.8 Å². The van der Waals surface area contributed by atoms with Gasteiger partial charge in [-0.2, -0.15) is 0 Å². The van der Waals surface area contributed by atoms with Crippen molar-refractivity contribution in [2.24, 2.45) is 0 Å². The van der Waals surface area contributed by atoms with Crippen molar-refractivity contribution in [3.8, 4) is 5.75 Å². The fraction of sp³-hybridized carbons (Fsp3) is 0.389. The standard InChI is InChI=1S/C18H23N3O2S/c1-14(17-3-2-12-24-17)19-18(23)13-20-8-10-21(11-9-20)15-4-6-16(22)7-5-15/h2-7,12,14,22H,8-11,13H2,1H3,(H,19,23). The largest absolute Gasteiger partial charge is 0.508 e. The fourth-order valence-corrected chi connectivity index (χ4v) is 3.66. The van der Waals surface area contributed by atoms with Gasteiger partial charge in [0.05, 0.1) is 12.6 Å². The van der Waals surface area contributed by atoms with Crippen LogP contribution in [-0.4, -0.2) is 48.6 Å². The summed E-state index contributed by atoms with van der Waals surface area (Å²) >= 11 is 1.67. The third-order valence-corrected chi connectivity index (χ3v) is 5.36. The number of benzene rings is 1. The summed E-state index contributed by atoms with van der Waals surface area (Å²) in [6, 6.07) is 11.4. The van der Waals surface area contributed by atoms with E-state index in [1.165, 1.54) is 4.88 Å². The molecule has 6 heteroatoms. The number of piperazine rings is 1. The van der Waals surface area contributed by atoms with Crippen LogP contribution in [0.25, 0.3) is 0 Å². The smallest absolute Gasteiger partial charge is 0.234 e. The van der Waals surface area contributed by atoms with E-state index < -0.39 is 0 Å². The van der Waals surface area contributed by atoms with Crippen LogP contribution in [0, 0.1) is 0 Å². The van der Waals surface area contributed by atoms with Gasteiger partial charge in [-0.05, 0) is 42.6 Å². The van der Waals surface area contributed by atoms with E-state index in [4.69, 9.17) is 0 Å². The van der Waals surface area contributed by atoms with Crippen molar-refractivity contribution in [2.75, 3.05) is 37.6 Å². The highest BCUT2D eigenvalue weighted by Crippen LogP contribution is 2.20. The maximum atomic E-state index is 12.2. The van der Waals surface area contributed by atoms with Gasteiger partial charge in [0.1, 0.15) is 5.75 Å². The highest BCUT2D eigenvalue weighted by molar-refractivity contribution is 7.10. The van der Waals surface area contributed by atoms with Gasteiger partial charge < -0.3 is 15.3 Å². The van der Waals surface area contributed by atoms with Crippen LogP contribution in [0.4, 0.5) is 5.69 Å². The van der Waals surface area contributed by atoms with Gasteiger partial charge in [0.2, 0.25) is 5.91 Å². The van der Waals surface area contributed by atoms with Gasteiger partial charge in [-0.25, -0.2) is 0 Å². The van der Waals surface area contributed by atoms with Gasteiger partial charge in [0.25, 0.3) is 0 Å². The highest BCUT2D eigenvalue weighted by atomic mass is 32.1. The second kappa shape index (κ2) is 7.68. The van der Waals surface area contributed by atoms with E-state index in [0.717, 1.165) is 31.9 Å². The first-order valence-corrected chi connectivity index (χ1v) is 9.09. The SMILES string of the molecule is CC(NC(=O)CN1CCN(c2ccc(O)cc2)CC1)c1cccs1. The zero-order valence-electron chi connectivity index (χ0n) is 13.8. The van der Waals surface area contributed by atoms with Crippen LogP contribution in [0.1, 0.15) is 17.8 Å². The molecule has 1 amide bonds. The summed E-state index contributed by atoms with van der Waals surface area (Å²) in [5.74, 6) is 0.364. The monoisotopic (exact) mass is 345 g/mol. The molecule has 1 unspecified atom stereocenters. The molecular formula is C18H23N3O2S. The fourth-order valence-electron chi connectivity index (χ4n) is 2.93. The molecule has 2 heterocycles. The van der Waals surface area contributed by atoms with Crippen molar-refractivity contribution in [3.63, 3.8) is 0 Å². The van der Waals surface area contributed by atoms with Crippen LogP contribution in [0.15, 0.2) is 41.8 Å². The lowest BCUT2D eigenvalue weighted by atomic mass is 10.2. The Bertz CT molecular complexity index is 649. The average Bonchev–Trinajstić information content (AvgIpc) is 3.11. The minimum absolute atomic E-state index is 0.0655. The highest BCUT2D eigenvalue weighted by Gasteiger charge is 2.20. The molecule has 128 valence electrons. The minimum atomic E-state index is 0.0655. The van der Waals surface area contributed by atoms with Gasteiger partial charge in [-0.3, -0.25) is 9.69 Å². The van der Waals surface area contributed by atoms with Crippen molar-refractivity contribution in [1.29, 1.82) is 0 Å². The number of anilines is 1. The molecule has 2 N–H and O–H groups in total. The molecule has 2 aromatic rings. The number of phenols is 1. The van der Waals surface area contributed by atoms with Crippen LogP contribution in [-0.2, 0) is 4.79 Å². The normalized spacial score (nSPS) is 16.8. The Kier molecular flexibility index (Phi) is 5.37. The number of nitrogens with zero attached hydrogens (tertiary/aromatic N) is 2. The molecule has 1 aromatic carbocycles. The van der Waals surface area contributed by atoms with Crippen LogP contribution in [0.5, 0.6) is 5.75 Å². The Balaban J connectivity index is 1.45. The summed E-state index contributed by atoms with van der Waals surface area (Å²) in [5.41, 5.74) is 1.11. The third-order valence-electron chi connectivity index (χ3n) is 4.30. The van der Waals surface area contributed by atoms with E-state index in [9.17, 15) is 9.90 Å². The Morgan fingerprint density at radius 3 is 2.54 bits per heavy atom. The molecule has 0 bridgehead atoms. The molecule has 0 radical (unpaired) electrons. The summed E-state index contributed by atoms with van der Waals surface area (Å²) in [5, 5.41) is 14.5. The van der Waals surface area contributed by atoms with Crippen LogP contribution >= 0.6 is 11.3 Å². The van der Waals surface area contributed by atoms with Crippen molar-refractivity contribution in [2.45, 2.75) is 13.0 Å². The summed E-state index contributed by atoms with van der Waals surface area (Å²) in [6.07, 6.45) is 0. The van der Waals surface area contributed by atoms with E-state index in [1.54, 1.807) is 23.5 Å². The second-order valence-electron chi connectivity index (χ2n) is 6.08. The number of thiophene rings is 1. The van der Waals surface area contributed by atoms with Crippen molar-refractivity contribution in [1.82, 2.24) is 10.2 Å². The third kappa shape index (κ3) is 4.27. The first-order valence-electron chi connectivity index (χ1n) is 8.21. The molecule has 1 saturated heterocycles. The molecule has 1 aliphatic heterocycles. The zero-order chi connectivity index (χ0) is 16.9. The molecule has 1 atom stereocenters. The van der Waals surface area contributed by atoms with Gasteiger partial charge in [-0.15, -0.1) is 11.3 Å². The van der Waals surface area contributed by atoms with Crippen molar-refractivity contribution in [3.05, 3.63) is 46.7 Å². The van der Waals surface area contributed by atoms with Crippen LogP contribution < -0.4 is 10.2 Å². The van der Waals surface area contributed by atoms with Gasteiger partial charge in [0.15, 0.2) is 0 Å². The lowest BCUT2D eigenvalue weighted by Gasteiger charge is -2.35. The maximum Gasteiger partial charge on any atom is 0.234 e. The average molecular weight is 345 g/mol. The van der Waals surface area contributed by atoms with E-state index in [-0.39, 0.29) is 17.7 Å². The molecule has 1 fully saturated rings. The van der Waals surface area contributed by atoms with E-state index in [0.29, 0.717) is 6.54 Å². The van der Waals surface area contributed by atoms with E-state index in [2.05, 4.69) is 15.1 Å². The summed E-state index contributed by atoms with van der Waals surface area (Å²) in [4.78, 5) is 17.9. The number of phenolic OH excluding ortho intramolecular Hbond substituents is 1. The number of rotatable bonds is 5. The maximum absolute atomic E-state index is 12.2. The molecule has 1 aliphatic rings. The number of hydrogen-bond acceptors (Lipinski definition) is 5. The van der Waals surface area contributed by atoms with E-state index >= 15 is 0 Å². The minimum Gasteiger partial charge on any atom is -0.508 e. The molecule has 3 rings (SSSR count). The summed E-state index contributed by atoms with van der Waals surface area (Å²) < 4.78 is 0. The predicted octanol–water partition coefficient (Wildman–Crippen LogP) is 2.45. The molecule has 1 aromatic heterocycles. The Labute approximate surface area is 146 Å². The molecule has 0 aliphatic carbocycles. The number of carbonyl (C=O) groups is 1. The Hall–Kier alpha value is -2.05. The molecule has 0 saturated carbocycles. The van der Waals surface area contributed by atoms with Gasteiger partial charge in [-0.1, -0.05) is 6.07 Å². The second-order valence-corrected chi connectivity index (χ2v) is 7.06. The van der Waals surface area contributed by atoms with Crippen LogP contribution in [0.3, 0.4) is 0 Å². The molecule has 0 spiro atoms. The quantitative estimate of drug-likeness (QED) is 0.874.